The fourth-order valence-electron chi connectivity index (χ4n) is 8.73. The first-order chi connectivity index (χ1) is 22.8. The SMILES string of the molecule is CC(C)C[C@H]1CNC(=S)N1CC1CCCN1C[C@H](Cc1ccccc1)N1C[C@H](Cc2ccc(O)cc2)N(CC2CCCCCC2)C1=S. The van der Waals surface area contributed by atoms with E-state index in [1.54, 1.807) is 0 Å². The van der Waals surface area contributed by atoms with Crippen molar-refractivity contribution in [3.63, 3.8) is 0 Å². The summed E-state index contributed by atoms with van der Waals surface area (Å²) in [6, 6.07) is 20.5. The van der Waals surface area contributed by atoms with Crippen molar-refractivity contribution in [1.82, 2.24) is 24.9 Å². The molecular formula is C39H57N5OS2. The summed E-state index contributed by atoms with van der Waals surface area (Å²) in [5, 5.41) is 15.5. The smallest absolute Gasteiger partial charge is 0.172 e. The standard InChI is InChI=1S/C39H57N5OS2/c1-29(2)21-34-24-40-38(46)42(34)27-33-15-10-20-41(33)26-35(22-30-11-8-5-9-12-30)44-28-36(23-31-16-18-37(45)19-17-31)43(39(44)47)25-32-13-6-3-4-7-14-32/h5,8-9,11-12,16-19,29,32-36,45H,3-4,6-7,10,13-15,20-28H2,1-2H3,(H,40,46)/t33?,34-,35-,36-/m0/s1. The molecule has 0 amide bonds. The lowest BCUT2D eigenvalue weighted by Gasteiger charge is -2.37. The molecule has 2 N–H and O–H groups in total. The van der Waals surface area contributed by atoms with Crippen LogP contribution in [0.2, 0.25) is 0 Å². The lowest BCUT2D eigenvalue weighted by Crippen LogP contribution is -2.51. The van der Waals surface area contributed by atoms with Crippen molar-refractivity contribution in [2.24, 2.45) is 11.8 Å². The average molecular weight is 676 g/mol. The van der Waals surface area contributed by atoms with Gasteiger partial charge in [0.25, 0.3) is 0 Å². The Morgan fingerprint density at radius 3 is 2.28 bits per heavy atom. The molecule has 6 rings (SSSR count). The van der Waals surface area contributed by atoms with Gasteiger partial charge in [-0.1, -0.05) is 82.0 Å². The molecule has 4 fully saturated rings. The molecule has 256 valence electrons. The molecule has 1 aliphatic carbocycles. The first-order valence-corrected chi connectivity index (χ1v) is 19.3. The highest BCUT2D eigenvalue weighted by Gasteiger charge is 2.41. The van der Waals surface area contributed by atoms with Crippen LogP contribution in [-0.2, 0) is 12.8 Å². The Kier molecular flexibility index (Phi) is 12.0. The monoisotopic (exact) mass is 675 g/mol. The zero-order valence-corrected chi connectivity index (χ0v) is 30.4. The summed E-state index contributed by atoms with van der Waals surface area (Å²) in [5.41, 5.74) is 2.66. The van der Waals surface area contributed by atoms with E-state index in [0.29, 0.717) is 41.8 Å². The predicted molar refractivity (Wildman–Crippen MR) is 202 cm³/mol. The molecule has 0 spiro atoms. The third-order valence-electron chi connectivity index (χ3n) is 11.2. The van der Waals surface area contributed by atoms with Gasteiger partial charge in [0.05, 0.1) is 6.04 Å². The van der Waals surface area contributed by atoms with Gasteiger partial charge in [0, 0.05) is 50.8 Å². The zero-order valence-electron chi connectivity index (χ0n) is 28.7. The van der Waals surface area contributed by atoms with Crippen molar-refractivity contribution < 1.29 is 5.11 Å². The molecule has 1 saturated carbocycles. The van der Waals surface area contributed by atoms with Crippen LogP contribution >= 0.6 is 24.4 Å². The Hall–Kier alpha value is -2.42. The lowest BCUT2D eigenvalue weighted by atomic mass is 9.98. The van der Waals surface area contributed by atoms with Crippen LogP contribution in [0.4, 0.5) is 0 Å². The van der Waals surface area contributed by atoms with Gasteiger partial charge in [0.15, 0.2) is 10.2 Å². The van der Waals surface area contributed by atoms with Crippen molar-refractivity contribution in [2.45, 2.75) is 109 Å². The van der Waals surface area contributed by atoms with Crippen LogP contribution in [0.25, 0.3) is 0 Å². The van der Waals surface area contributed by atoms with Gasteiger partial charge in [-0.2, -0.15) is 0 Å². The van der Waals surface area contributed by atoms with E-state index < -0.39 is 0 Å². The molecule has 0 aromatic heterocycles. The summed E-state index contributed by atoms with van der Waals surface area (Å²) in [4.78, 5) is 10.5. The van der Waals surface area contributed by atoms with Crippen molar-refractivity contribution in [3.05, 3.63) is 65.7 Å². The van der Waals surface area contributed by atoms with E-state index in [0.717, 1.165) is 62.3 Å². The van der Waals surface area contributed by atoms with E-state index in [-0.39, 0.29) is 0 Å². The highest BCUT2D eigenvalue weighted by molar-refractivity contribution is 7.80. The normalized spacial score (nSPS) is 25.2. The topological polar surface area (TPSA) is 45.2 Å². The molecule has 4 aliphatic rings. The van der Waals surface area contributed by atoms with Crippen LogP contribution in [0.1, 0.15) is 82.8 Å². The van der Waals surface area contributed by atoms with Crippen molar-refractivity contribution in [2.75, 3.05) is 39.3 Å². The number of aromatic hydroxyl groups is 1. The summed E-state index contributed by atoms with van der Waals surface area (Å²) in [5.74, 6) is 1.70. The van der Waals surface area contributed by atoms with Gasteiger partial charge in [-0.25, -0.2) is 0 Å². The molecule has 3 heterocycles. The number of hydrogen-bond donors (Lipinski definition) is 2. The molecule has 47 heavy (non-hydrogen) atoms. The number of thiocarbonyl (C=S) groups is 2. The van der Waals surface area contributed by atoms with Gasteiger partial charge in [0.1, 0.15) is 5.75 Å². The Morgan fingerprint density at radius 2 is 1.55 bits per heavy atom. The minimum atomic E-state index is 0.307. The second-order valence-corrected chi connectivity index (χ2v) is 16.0. The summed E-state index contributed by atoms with van der Waals surface area (Å²) in [6.45, 7) is 10.8. The lowest BCUT2D eigenvalue weighted by molar-refractivity contribution is 0.156. The van der Waals surface area contributed by atoms with Crippen LogP contribution in [0, 0.1) is 11.8 Å². The molecule has 3 aliphatic heterocycles. The van der Waals surface area contributed by atoms with E-state index in [1.165, 1.54) is 68.9 Å². The Balaban J connectivity index is 1.23. The number of rotatable bonds is 13. The van der Waals surface area contributed by atoms with Gasteiger partial charge < -0.3 is 25.1 Å². The molecular weight excluding hydrogens is 619 g/mol. The summed E-state index contributed by atoms with van der Waals surface area (Å²) >= 11 is 12.3. The first-order valence-electron chi connectivity index (χ1n) is 18.5. The van der Waals surface area contributed by atoms with Gasteiger partial charge in [0.2, 0.25) is 0 Å². The van der Waals surface area contributed by atoms with Crippen LogP contribution in [-0.4, -0.2) is 98.4 Å². The van der Waals surface area contributed by atoms with Gasteiger partial charge in [-0.3, -0.25) is 4.90 Å². The molecule has 1 unspecified atom stereocenters. The van der Waals surface area contributed by atoms with Crippen molar-refractivity contribution in [3.8, 4) is 5.75 Å². The summed E-state index contributed by atoms with van der Waals surface area (Å²) in [6.07, 6.45) is 13.7. The van der Waals surface area contributed by atoms with Crippen molar-refractivity contribution >= 4 is 34.7 Å². The number of phenolic OH excluding ortho intramolecular Hbond substituents is 1. The number of phenols is 1. The molecule has 0 bridgehead atoms. The highest BCUT2D eigenvalue weighted by atomic mass is 32.1. The second kappa shape index (κ2) is 16.3. The van der Waals surface area contributed by atoms with Gasteiger partial charge >= 0.3 is 0 Å². The van der Waals surface area contributed by atoms with E-state index in [4.69, 9.17) is 24.4 Å². The Labute approximate surface area is 294 Å². The second-order valence-electron chi connectivity index (χ2n) is 15.2. The molecule has 3 saturated heterocycles. The molecule has 2 aromatic carbocycles. The van der Waals surface area contributed by atoms with E-state index in [9.17, 15) is 5.11 Å². The number of benzene rings is 2. The fraction of sp³-hybridized carbons (Fsp3) is 0.641. The van der Waals surface area contributed by atoms with Gasteiger partial charge in [-0.05, 0) is 111 Å². The van der Waals surface area contributed by atoms with E-state index in [1.807, 2.05) is 12.1 Å². The average Bonchev–Trinajstić information content (AvgIpc) is 3.65. The Morgan fingerprint density at radius 1 is 0.809 bits per heavy atom. The largest absolute Gasteiger partial charge is 0.508 e. The van der Waals surface area contributed by atoms with E-state index in [2.05, 4.69) is 81.2 Å². The van der Waals surface area contributed by atoms with Crippen LogP contribution in [0.15, 0.2) is 54.6 Å². The fourth-order valence-corrected chi connectivity index (χ4v) is 9.48. The minimum Gasteiger partial charge on any atom is -0.508 e. The summed E-state index contributed by atoms with van der Waals surface area (Å²) in [7, 11) is 0. The third kappa shape index (κ3) is 8.98. The summed E-state index contributed by atoms with van der Waals surface area (Å²) < 4.78 is 0. The minimum absolute atomic E-state index is 0.307. The highest BCUT2D eigenvalue weighted by Crippen LogP contribution is 2.31. The van der Waals surface area contributed by atoms with E-state index >= 15 is 0 Å². The number of nitrogens with zero attached hydrogens (tertiary/aromatic N) is 4. The van der Waals surface area contributed by atoms with Crippen LogP contribution < -0.4 is 5.32 Å². The quantitative estimate of drug-likeness (QED) is 0.177. The molecule has 2 aromatic rings. The van der Waals surface area contributed by atoms with Crippen LogP contribution in [0.3, 0.4) is 0 Å². The van der Waals surface area contributed by atoms with Gasteiger partial charge in [-0.15, -0.1) is 0 Å². The third-order valence-corrected chi connectivity index (χ3v) is 12.1. The molecule has 0 radical (unpaired) electrons. The predicted octanol–water partition coefficient (Wildman–Crippen LogP) is 6.86. The van der Waals surface area contributed by atoms with Crippen LogP contribution in [0.5, 0.6) is 5.75 Å². The molecule has 8 heteroatoms. The number of hydrogen-bond acceptors (Lipinski definition) is 4. The molecule has 6 nitrogen and oxygen atoms in total. The zero-order chi connectivity index (χ0) is 32.8. The number of likely N-dealkylation sites (tertiary alicyclic amines) is 1. The maximum absolute atomic E-state index is 9.97. The Bertz CT molecular complexity index is 1300. The van der Waals surface area contributed by atoms with Crippen molar-refractivity contribution in [1.29, 1.82) is 0 Å². The first kappa shape index (κ1) is 34.4. The number of nitrogens with one attached hydrogen (secondary N) is 1. The maximum atomic E-state index is 9.97. The maximum Gasteiger partial charge on any atom is 0.172 e. The molecule has 4 atom stereocenters.